The van der Waals surface area contributed by atoms with Crippen molar-refractivity contribution >= 4 is 21.7 Å². The Hall–Kier alpha value is -2.54. The summed E-state index contributed by atoms with van der Waals surface area (Å²) < 4.78 is 26.5. The number of hydrogen-bond donors (Lipinski definition) is 2. The van der Waals surface area contributed by atoms with Crippen molar-refractivity contribution in [3.05, 3.63) is 59.7 Å². The number of anilines is 1. The van der Waals surface area contributed by atoms with Crippen molar-refractivity contribution in [1.29, 1.82) is 0 Å². The third kappa shape index (κ3) is 5.23. The van der Waals surface area contributed by atoms with Gasteiger partial charge in [-0.1, -0.05) is 29.8 Å². The summed E-state index contributed by atoms with van der Waals surface area (Å²) in [5.74, 6) is 0. The molecule has 0 spiro atoms. The van der Waals surface area contributed by atoms with Gasteiger partial charge in [-0.25, -0.2) is 17.9 Å². The number of carbonyl (C=O) groups excluding carboxylic acids is 1. The minimum Gasteiger partial charge on any atom is -0.372 e. The van der Waals surface area contributed by atoms with Gasteiger partial charge in [-0.3, -0.25) is 0 Å². The Balaban J connectivity index is 1.53. The zero-order chi connectivity index (χ0) is 19.3. The summed E-state index contributed by atoms with van der Waals surface area (Å²) in [5.41, 5.74) is 3.05. The summed E-state index contributed by atoms with van der Waals surface area (Å²) in [6.45, 7) is 4.29. The molecule has 27 heavy (non-hydrogen) atoms. The van der Waals surface area contributed by atoms with E-state index in [2.05, 4.69) is 10.2 Å². The molecule has 1 fully saturated rings. The van der Waals surface area contributed by atoms with Crippen LogP contribution >= 0.6 is 0 Å². The van der Waals surface area contributed by atoms with E-state index in [-0.39, 0.29) is 11.4 Å². The molecule has 1 aliphatic rings. The van der Waals surface area contributed by atoms with Crippen LogP contribution in [0, 0.1) is 6.92 Å². The van der Waals surface area contributed by atoms with Gasteiger partial charge in [-0.15, -0.1) is 0 Å². The first-order valence-electron chi connectivity index (χ1n) is 9.15. The Labute approximate surface area is 160 Å². The average molecular weight is 388 g/mol. The van der Waals surface area contributed by atoms with Gasteiger partial charge in [0.1, 0.15) is 0 Å². The van der Waals surface area contributed by atoms with Crippen LogP contribution in [0.2, 0.25) is 0 Å². The van der Waals surface area contributed by atoms with Gasteiger partial charge < -0.3 is 10.2 Å². The fourth-order valence-corrected chi connectivity index (χ4v) is 4.02. The smallest absolute Gasteiger partial charge is 0.328 e. The Morgan fingerprint density at radius 2 is 1.59 bits per heavy atom. The zero-order valence-electron chi connectivity index (χ0n) is 15.4. The molecule has 0 atom stereocenters. The summed E-state index contributed by atoms with van der Waals surface area (Å²) in [6, 6.07) is 13.6. The number of urea groups is 1. The Bertz CT molecular complexity index is 872. The van der Waals surface area contributed by atoms with Crippen molar-refractivity contribution in [2.24, 2.45) is 0 Å². The van der Waals surface area contributed by atoms with Crippen molar-refractivity contribution in [1.82, 2.24) is 10.0 Å². The lowest BCUT2D eigenvalue weighted by molar-refractivity contribution is 0.245. The van der Waals surface area contributed by atoms with Crippen LogP contribution in [0.5, 0.6) is 0 Å². The number of aryl methyl sites for hydroxylation is 1. The molecule has 0 saturated carbocycles. The van der Waals surface area contributed by atoms with E-state index in [9.17, 15) is 13.2 Å². The maximum atomic E-state index is 12.2. The van der Waals surface area contributed by atoms with Gasteiger partial charge in [-0.2, -0.15) is 0 Å². The number of amides is 2. The lowest BCUT2D eigenvalue weighted by atomic mass is 10.1. The van der Waals surface area contributed by atoms with Gasteiger partial charge in [0.15, 0.2) is 0 Å². The summed E-state index contributed by atoms with van der Waals surface area (Å²) in [7, 11) is -3.87. The van der Waals surface area contributed by atoms with Crippen LogP contribution in [0.1, 0.15) is 30.4 Å². The molecule has 1 saturated heterocycles. The second-order valence-corrected chi connectivity index (χ2v) is 8.50. The van der Waals surface area contributed by atoms with E-state index in [0.29, 0.717) is 0 Å². The number of carbonyl (C=O) groups is 1. The molecule has 3 rings (SSSR count). The highest BCUT2D eigenvalue weighted by Crippen LogP contribution is 2.20. The summed E-state index contributed by atoms with van der Waals surface area (Å²) in [6.07, 6.45) is 3.73. The Morgan fingerprint density at radius 1 is 0.963 bits per heavy atom. The molecule has 2 amide bonds. The summed E-state index contributed by atoms with van der Waals surface area (Å²) >= 11 is 0. The van der Waals surface area contributed by atoms with Crippen LogP contribution in [0.3, 0.4) is 0 Å². The van der Waals surface area contributed by atoms with Gasteiger partial charge in [0, 0.05) is 25.3 Å². The Morgan fingerprint density at radius 3 is 2.22 bits per heavy atom. The molecule has 2 aromatic rings. The minimum atomic E-state index is -3.87. The molecule has 1 heterocycles. The molecule has 0 aliphatic carbocycles. The predicted octanol–water partition coefficient (Wildman–Crippen LogP) is 3.17. The largest absolute Gasteiger partial charge is 0.372 e. The predicted molar refractivity (Wildman–Crippen MR) is 106 cm³/mol. The topological polar surface area (TPSA) is 78.5 Å². The highest BCUT2D eigenvalue weighted by atomic mass is 32.2. The van der Waals surface area contributed by atoms with Gasteiger partial charge in [-0.05, 0) is 56.0 Å². The molecule has 0 bridgehead atoms. The SMILES string of the molecule is Cc1ccc(S(=O)(=O)NC(=O)NCc2ccc(N3CCCCC3)cc2)cc1. The van der Waals surface area contributed by atoms with Crippen molar-refractivity contribution in [2.45, 2.75) is 37.6 Å². The molecule has 1 aliphatic heterocycles. The average Bonchev–Trinajstić information content (AvgIpc) is 2.67. The monoisotopic (exact) mass is 387 g/mol. The number of rotatable bonds is 5. The molecule has 2 N–H and O–H groups in total. The molecule has 2 aromatic carbocycles. The van der Waals surface area contributed by atoms with Crippen LogP contribution in [0.4, 0.5) is 10.5 Å². The number of piperidine rings is 1. The lowest BCUT2D eigenvalue weighted by Crippen LogP contribution is -2.39. The van der Waals surface area contributed by atoms with E-state index < -0.39 is 16.1 Å². The maximum Gasteiger partial charge on any atom is 0.328 e. The van der Waals surface area contributed by atoms with E-state index in [0.717, 1.165) is 24.2 Å². The van der Waals surface area contributed by atoms with E-state index in [4.69, 9.17) is 0 Å². The highest BCUT2D eigenvalue weighted by Gasteiger charge is 2.17. The second kappa shape index (κ2) is 8.43. The van der Waals surface area contributed by atoms with Crippen LogP contribution in [0.15, 0.2) is 53.4 Å². The van der Waals surface area contributed by atoms with Crippen molar-refractivity contribution in [3.63, 3.8) is 0 Å². The number of benzene rings is 2. The van der Waals surface area contributed by atoms with E-state index in [1.807, 2.05) is 35.9 Å². The third-order valence-electron chi connectivity index (χ3n) is 4.67. The van der Waals surface area contributed by atoms with Gasteiger partial charge in [0.25, 0.3) is 10.0 Å². The van der Waals surface area contributed by atoms with Gasteiger partial charge >= 0.3 is 6.03 Å². The molecule has 0 radical (unpaired) electrons. The molecule has 0 aromatic heterocycles. The van der Waals surface area contributed by atoms with Crippen LogP contribution in [0.25, 0.3) is 0 Å². The number of sulfonamides is 1. The third-order valence-corrected chi connectivity index (χ3v) is 6.02. The molecular weight excluding hydrogens is 362 g/mol. The van der Waals surface area contributed by atoms with E-state index in [1.165, 1.54) is 37.1 Å². The zero-order valence-corrected chi connectivity index (χ0v) is 16.3. The first-order valence-corrected chi connectivity index (χ1v) is 10.6. The molecular formula is C20H25N3O3S. The molecule has 144 valence electrons. The van der Waals surface area contributed by atoms with E-state index >= 15 is 0 Å². The second-order valence-electron chi connectivity index (χ2n) is 6.82. The number of hydrogen-bond acceptors (Lipinski definition) is 4. The molecule has 6 nitrogen and oxygen atoms in total. The maximum absolute atomic E-state index is 12.2. The first-order chi connectivity index (χ1) is 12.9. The van der Waals surface area contributed by atoms with Crippen LogP contribution < -0.4 is 14.9 Å². The number of nitrogens with one attached hydrogen (secondary N) is 2. The minimum absolute atomic E-state index is 0.0640. The molecule has 0 unspecified atom stereocenters. The number of nitrogens with zero attached hydrogens (tertiary/aromatic N) is 1. The van der Waals surface area contributed by atoms with E-state index in [1.54, 1.807) is 12.1 Å². The summed E-state index contributed by atoms with van der Waals surface area (Å²) in [4.78, 5) is 14.4. The van der Waals surface area contributed by atoms with Crippen LogP contribution in [-0.4, -0.2) is 27.5 Å². The fourth-order valence-electron chi connectivity index (χ4n) is 3.09. The fraction of sp³-hybridized carbons (Fsp3) is 0.350. The first kappa shape index (κ1) is 19.2. The van der Waals surface area contributed by atoms with Crippen LogP contribution in [-0.2, 0) is 16.6 Å². The lowest BCUT2D eigenvalue weighted by Gasteiger charge is -2.28. The van der Waals surface area contributed by atoms with Crippen molar-refractivity contribution < 1.29 is 13.2 Å². The quantitative estimate of drug-likeness (QED) is 0.826. The Kier molecular flexibility index (Phi) is 6.01. The van der Waals surface area contributed by atoms with Gasteiger partial charge in [0.05, 0.1) is 4.90 Å². The molecule has 7 heteroatoms. The van der Waals surface area contributed by atoms with Crippen molar-refractivity contribution in [3.8, 4) is 0 Å². The normalized spacial score (nSPS) is 14.6. The van der Waals surface area contributed by atoms with Crippen molar-refractivity contribution in [2.75, 3.05) is 18.0 Å². The van der Waals surface area contributed by atoms with Gasteiger partial charge in [0.2, 0.25) is 0 Å². The highest BCUT2D eigenvalue weighted by molar-refractivity contribution is 7.90. The summed E-state index contributed by atoms with van der Waals surface area (Å²) in [5, 5.41) is 2.59. The standard InChI is InChI=1S/C20H25N3O3S/c1-16-5-11-19(12-6-16)27(25,26)22-20(24)21-15-17-7-9-18(10-8-17)23-13-3-2-4-14-23/h5-12H,2-4,13-15H2,1H3,(H2,21,22,24).